The minimum atomic E-state index is -0.356. The largest absolute Gasteiger partial charge is 0.370 e. The summed E-state index contributed by atoms with van der Waals surface area (Å²) in [7, 11) is 0. The first-order valence-corrected chi connectivity index (χ1v) is 7.10. The fraction of sp³-hybridized carbons (Fsp3) is 0.125. The molecule has 0 aliphatic carbocycles. The molecule has 3 aromatic rings. The van der Waals surface area contributed by atoms with E-state index in [2.05, 4.69) is 21.4 Å². The molecule has 0 fully saturated rings. The molecule has 2 heterocycles. The van der Waals surface area contributed by atoms with E-state index in [0.717, 1.165) is 10.9 Å². The minimum absolute atomic E-state index is 0.356. The second-order valence-electron chi connectivity index (χ2n) is 4.84. The number of nitrogens with one attached hydrogen (secondary N) is 2. The van der Waals surface area contributed by atoms with E-state index in [1.807, 2.05) is 0 Å². The number of aromatic amines is 1. The standard InChI is InChI=1S/C16H12ClFN4/c17-12-6-13-11(9-22-16(13)14(18)7-12)2-4-21-15-5-10(8-19)1-3-20-15/h1,3,5-7,9,22H,2,4H2,(H,20,21). The van der Waals surface area contributed by atoms with Crippen LogP contribution in [0.1, 0.15) is 11.1 Å². The number of H-pyrrole nitrogens is 1. The highest BCUT2D eigenvalue weighted by atomic mass is 35.5. The van der Waals surface area contributed by atoms with E-state index in [1.54, 1.807) is 30.6 Å². The summed E-state index contributed by atoms with van der Waals surface area (Å²) in [5, 5.41) is 13.2. The normalized spacial score (nSPS) is 10.6. The number of rotatable bonds is 4. The van der Waals surface area contributed by atoms with Crippen molar-refractivity contribution in [2.45, 2.75) is 6.42 Å². The second kappa shape index (κ2) is 6.04. The maximum atomic E-state index is 13.8. The van der Waals surface area contributed by atoms with Gasteiger partial charge in [-0.2, -0.15) is 5.26 Å². The molecule has 0 bridgehead atoms. The number of halogens is 2. The first-order chi connectivity index (χ1) is 10.7. The third-order valence-electron chi connectivity index (χ3n) is 3.38. The summed E-state index contributed by atoms with van der Waals surface area (Å²) in [6, 6.07) is 8.44. The monoisotopic (exact) mass is 314 g/mol. The number of nitriles is 1. The Morgan fingerprint density at radius 2 is 2.23 bits per heavy atom. The maximum absolute atomic E-state index is 13.8. The van der Waals surface area contributed by atoms with E-state index in [4.69, 9.17) is 16.9 Å². The predicted molar refractivity (Wildman–Crippen MR) is 84.4 cm³/mol. The molecule has 0 saturated heterocycles. The third-order valence-corrected chi connectivity index (χ3v) is 3.60. The van der Waals surface area contributed by atoms with Crippen molar-refractivity contribution in [2.75, 3.05) is 11.9 Å². The topological polar surface area (TPSA) is 64.5 Å². The highest BCUT2D eigenvalue weighted by Gasteiger charge is 2.09. The van der Waals surface area contributed by atoms with Crippen molar-refractivity contribution in [3.05, 3.63) is 58.6 Å². The van der Waals surface area contributed by atoms with Crippen LogP contribution in [0.4, 0.5) is 10.2 Å². The number of fused-ring (bicyclic) bond motifs is 1. The average Bonchev–Trinajstić information content (AvgIpc) is 2.91. The van der Waals surface area contributed by atoms with E-state index in [1.165, 1.54) is 6.07 Å². The lowest BCUT2D eigenvalue weighted by Crippen LogP contribution is -2.06. The first kappa shape index (κ1) is 14.4. The number of pyridine rings is 1. The molecule has 6 heteroatoms. The van der Waals surface area contributed by atoms with Crippen LogP contribution in [0.2, 0.25) is 5.02 Å². The van der Waals surface area contributed by atoms with Gasteiger partial charge < -0.3 is 10.3 Å². The Bertz CT molecular complexity index is 866. The average molecular weight is 315 g/mol. The predicted octanol–water partition coefficient (Wildman–Crippen LogP) is 3.88. The lowest BCUT2D eigenvalue weighted by atomic mass is 10.1. The van der Waals surface area contributed by atoms with Crippen LogP contribution in [-0.2, 0) is 6.42 Å². The molecule has 4 nitrogen and oxygen atoms in total. The van der Waals surface area contributed by atoms with Crippen molar-refractivity contribution in [3.8, 4) is 6.07 Å². The molecule has 0 atom stereocenters. The van der Waals surface area contributed by atoms with Crippen molar-refractivity contribution >= 4 is 28.3 Å². The molecular formula is C16H12ClFN4. The highest BCUT2D eigenvalue weighted by Crippen LogP contribution is 2.25. The van der Waals surface area contributed by atoms with Crippen LogP contribution in [0.3, 0.4) is 0 Å². The first-order valence-electron chi connectivity index (χ1n) is 6.72. The number of benzene rings is 1. The summed E-state index contributed by atoms with van der Waals surface area (Å²) in [5.74, 6) is 0.285. The van der Waals surface area contributed by atoms with Crippen LogP contribution >= 0.6 is 11.6 Å². The van der Waals surface area contributed by atoms with Gasteiger partial charge in [0.25, 0.3) is 0 Å². The van der Waals surface area contributed by atoms with Crippen molar-refractivity contribution < 1.29 is 4.39 Å². The quantitative estimate of drug-likeness (QED) is 0.768. The summed E-state index contributed by atoms with van der Waals surface area (Å²) in [6.45, 7) is 0.614. The molecule has 3 rings (SSSR count). The molecule has 2 N–H and O–H groups in total. The van der Waals surface area contributed by atoms with Crippen LogP contribution in [0, 0.1) is 17.1 Å². The van der Waals surface area contributed by atoms with Crippen molar-refractivity contribution in [1.82, 2.24) is 9.97 Å². The molecule has 1 aromatic carbocycles. The maximum Gasteiger partial charge on any atom is 0.148 e. The molecule has 0 amide bonds. The molecule has 0 aliphatic heterocycles. The number of hydrogen-bond donors (Lipinski definition) is 2. The SMILES string of the molecule is N#Cc1ccnc(NCCc2c[nH]c3c(F)cc(Cl)cc23)c1. The van der Waals surface area contributed by atoms with E-state index >= 15 is 0 Å². The summed E-state index contributed by atoms with van der Waals surface area (Å²) in [5.41, 5.74) is 1.99. The van der Waals surface area contributed by atoms with Gasteiger partial charge in [-0.25, -0.2) is 9.37 Å². The number of nitrogens with zero attached hydrogens (tertiary/aromatic N) is 2. The molecule has 0 aliphatic rings. The summed E-state index contributed by atoms with van der Waals surface area (Å²) in [6.07, 6.45) is 4.05. The fourth-order valence-electron chi connectivity index (χ4n) is 2.34. The third kappa shape index (κ3) is 2.87. The van der Waals surface area contributed by atoms with E-state index < -0.39 is 0 Å². The second-order valence-corrected chi connectivity index (χ2v) is 5.28. The van der Waals surface area contributed by atoms with E-state index in [-0.39, 0.29) is 5.82 Å². The van der Waals surface area contributed by atoms with Crippen molar-refractivity contribution in [2.24, 2.45) is 0 Å². The summed E-state index contributed by atoms with van der Waals surface area (Å²) in [4.78, 5) is 7.08. The van der Waals surface area contributed by atoms with Gasteiger partial charge in [-0.05, 0) is 36.2 Å². The molecule has 2 aromatic heterocycles. The zero-order valence-corrected chi connectivity index (χ0v) is 12.3. The lowest BCUT2D eigenvalue weighted by Gasteiger charge is -2.05. The van der Waals surface area contributed by atoms with Crippen LogP contribution in [0.15, 0.2) is 36.7 Å². The Morgan fingerprint density at radius 3 is 3.05 bits per heavy atom. The number of anilines is 1. The Kier molecular flexibility index (Phi) is 3.94. The van der Waals surface area contributed by atoms with Gasteiger partial charge in [0.2, 0.25) is 0 Å². The van der Waals surface area contributed by atoms with E-state index in [9.17, 15) is 4.39 Å². The zero-order chi connectivity index (χ0) is 15.5. The van der Waals surface area contributed by atoms with Gasteiger partial charge in [0, 0.05) is 29.3 Å². The van der Waals surface area contributed by atoms with Crippen LogP contribution in [0.5, 0.6) is 0 Å². The highest BCUT2D eigenvalue weighted by molar-refractivity contribution is 6.31. The van der Waals surface area contributed by atoms with E-state index in [0.29, 0.717) is 34.9 Å². The number of aromatic nitrogens is 2. The van der Waals surface area contributed by atoms with Crippen LogP contribution in [-0.4, -0.2) is 16.5 Å². The Morgan fingerprint density at radius 1 is 1.36 bits per heavy atom. The van der Waals surface area contributed by atoms with Gasteiger partial charge >= 0.3 is 0 Å². The Labute approximate surface area is 131 Å². The van der Waals surface area contributed by atoms with Gasteiger partial charge in [-0.1, -0.05) is 11.6 Å². The molecule has 0 saturated carbocycles. The van der Waals surface area contributed by atoms with Crippen LogP contribution < -0.4 is 5.32 Å². The van der Waals surface area contributed by atoms with Gasteiger partial charge in [0.05, 0.1) is 17.1 Å². The van der Waals surface area contributed by atoms with Crippen LogP contribution in [0.25, 0.3) is 10.9 Å². The van der Waals surface area contributed by atoms with Gasteiger partial charge in [-0.15, -0.1) is 0 Å². The minimum Gasteiger partial charge on any atom is -0.370 e. The van der Waals surface area contributed by atoms with Gasteiger partial charge in [0.1, 0.15) is 11.6 Å². The molecular weight excluding hydrogens is 303 g/mol. The molecule has 22 heavy (non-hydrogen) atoms. The fourth-order valence-corrected chi connectivity index (χ4v) is 2.54. The Balaban J connectivity index is 1.73. The number of hydrogen-bond acceptors (Lipinski definition) is 3. The zero-order valence-electron chi connectivity index (χ0n) is 11.5. The van der Waals surface area contributed by atoms with Crippen molar-refractivity contribution in [3.63, 3.8) is 0 Å². The van der Waals surface area contributed by atoms with Crippen molar-refractivity contribution in [1.29, 1.82) is 5.26 Å². The Hall–Kier alpha value is -2.58. The summed E-state index contributed by atoms with van der Waals surface area (Å²) < 4.78 is 13.8. The molecule has 0 radical (unpaired) electrons. The lowest BCUT2D eigenvalue weighted by molar-refractivity contribution is 0.637. The van der Waals surface area contributed by atoms with Gasteiger partial charge in [-0.3, -0.25) is 0 Å². The molecule has 110 valence electrons. The summed E-state index contributed by atoms with van der Waals surface area (Å²) >= 11 is 5.91. The molecule has 0 spiro atoms. The smallest absolute Gasteiger partial charge is 0.148 e. The molecule has 0 unspecified atom stereocenters. The van der Waals surface area contributed by atoms with Gasteiger partial charge in [0.15, 0.2) is 0 Å².